The molecule has 1 aromatic rings. The van der Waals surface area contributed by atoms with Crippen molar-refractivity contribution in [2.24, 2.45) is 0 Å². The van der Waals surface area contributed by atoms with Crippen molar-refractivity contribution >= 4 is 21.6 Å². The molecule has 76 valence electrons. The van der Waals surface area contributed by atoms with E-state index in [0.717, 1.165) is 12.8 Å². The van der Waals surface area contributed by atoms with E-state index in [2.05, 4.69) is 15.9 Å². The zero-order valence-corrected chi connectivity index (χ0v) is 9.18. The largest absolute Gasteiger partial charge is 0.488 e. The second-order valence-corrected chi connectivity index (χ2v) is 4.33. The number of halogens is 2. The Balaban J connectivity index is 2.19. The number of anilines is 1. The van der Waals surface area contributed by atoms with Gasteiger partial charge in [-0.25, -0.2) is 4.39 Å². The summed E-state index contributed by atoms with van der Waals surface area (Å²) in [5, 5.41) is 0. The molecule has 1 fully saturated rings. The molecule has 1 saturated carbocycles. The fraction of sp³-hybridized carbons (Fsp3) is 0.400. The maximum absolute atomic E-state index is 13.1. The summed E-state index contributed by atoms with van der Waals surface area (Å²) in [6, 6.07) is 2.86. The lowest BCUT2D eigenvalue weighted by Gasteiger charge is -2.27. The average molecular weight is 260 g/mol. The Labute approximate surface area is 90.4 Å². The maximum Gasteiger partial charge on any atom is 0.145 e. The predicted molar refractivity (Wildman–Crippen MR) is 56.8 cm³/mol. The van der Waals surface area contributed by atoms with E-state index < -0.39 is 0 Å². The molecular weight excluding hydrogens is 249 g/mol. The number of nitrogen functional groups attached to an aromatic ring is 1. The fourth-order valence-corrected chi connectivity index (χ4v) is 1.68. The summed E-state index contributed by atoms with van der Waals surface area (Å²) in [7, 11) is 0. The Morgan fingerprint density at radius 2 is 2.14 bits per heavy atom. The summed E-state index contributed by atoms with van der Waals surface area (Å²) in [4.78, 5) is 0. The zero-order valence-electron chi connectivity index (χ0n) is 7.59. The lowest BCUT2D eigenvalue weighted by molar-refractivity contribution is 0.121. The Kier molecular flexibility index (Phi) is 2.63. The van der Waals surface area contributed by atoms with Crippen molar-refractivity contribution in [2.45, 2.75) is 25.4 Å². The van der Waals surface area contributed by atoms with Crippen LogP contribution < -0.4 is 10.5 Å². The summed E-state index contributed by atoms with van der Waals surface area (Å²) in [5.41, 5.74) is 6.17. The second kappa shape index (κ2) is 3.77. The minimum absolute atomic E-state index is 0.220. The van der Waals surface area contributed by atoms with Crippen LogP contribution in [0.1, 0.15) is 19.3 Å². The van der Waals surface area contributed by atoms with Gasteiger partial charge in [-0.2, -0.15) is 0 Å². The van der Waals surface area contributed by atoms with Crippen LogP contribution in [-0.4, -0.2) is 6.10 Å². The minimum atomic E-state index is -0.339. The molecule has 4 heteroatoms. The third-order valence-corrected chi connectivity index (χ3v) is 3.01. The Morgan fingerprint density at radius 1 is 1.43 bits per heavy atom. The molecule has 1 aliphatic rings. The van der Waals surface area contributed by atoms with Crippen LogP contribution >= 0.6 is 15.9 Å². The monoisotopic (exact) mass is 259 g/mol. The van der Waals surface area contributed by atoms with Gasteiger partial charge >= 0.3 is 0 Å². The van der Waals surface area contributed by atoms with Gasteiger partial charge in [-0.3, -0.25) is 0 Å². The number of hydrogen-bond donors (Lipinski definition) is 1. The van der Waals surface area contributed by atoms with E-state index in [1.54, 1.807) is 0 Å². The third-order valence-electron chi connectivity index (χ3n) is 2.40. The average Bonchev–Trinajstić information content (AvgIpc) is 2.06. The lowest BCUT2D eigenvalue weighted by Crippen LogP contribution is -2.25. The topological polar surface area (TPSA) is 35.2 Å². The molecule has 2 rings (SSSR count). The van der Waals surface area contributed by atoms with Crippen LogP contribution in [0.4, 0.5) is 10.1 Å². The van der Waals surface area contributed by atoms with E-state index in [4.69, 9.17) is 10.5 Å². The van der Waals surface area contributed by atoms with E-state index in [-0.39, 0.29) is 11.9 Å². The van der Waals surface area contributed by atoms with Crippen molar-refractivity contribution in [2.75, 3.05) is 5.73 Å². The van der Waals surface area contributed by atoms with Gasteiger partial charge < -0.3 is 10.5 Å². The normalized spacial score (nSPS) is 16.4. The van der Waals surface area contributed by atoms with E-state index in [1.165, 1.54) is 18.6 Å². The summed E-state index contributed by atoms with van der Waals surface area (Å²) >= 11 is 3.07. The molecule has 2 nitrogen and oxygen atoms in total. The first-order valence-electron chi connectivity index (χ1n) is 4.58. The van der Waals surface area contributed by atoms with Crippen molar-refractivity contribution < 1.29 is 9.13 Å². The molecule has 0 heterocycles. The van der Waals surface area contributed by atoms with Crippen LogP contribution in [0.2, 0.25) is 0 Å². The summed E-state index contributed by atoms with van der Waals surface area (Å²) < 4.78 is 19.1. The lowest BCUT2D eigenvalue weighted by atomic mass is 9.96. The van der Waals surface area contributed by atoms with E-state index in [1.807, 2.05) is 0 Å². The Morgan fingerprint density at radius 3 is 2.71 bits per heavy atom. The second-order valence-electron chi connectivity index (χ2n) is 3.47. The highest BCUT2D eigenvalue weighted by molar-refractivity contribution is 9.10. The summed E-state index contributed by atoms with van der Waals surface area (Å²) in [5.74, 6) is 0.115. The standard InChI is InChI=1S/C10H11BrFNO/c11-7-4-9(13)10(5-8(7)12)14-6-2-1-3-6/h4-6H,1-3,13H2. The molecule has 0 radical (unpaired) electrons. The molecule has 0 saturated heterocycles. The van der Waals surface area contributed by atoms with Crippen molar-refractivity contribution in [3.8, 4) is 5.75 Å². The molecule has 0 amide bonds. The fourth-order valence-electron chi connectivity index (χ4n) is 1.31. The van der Waals surface area contributed by atoms with Gasteiger partial charge in [0.2, 0.25) is 0 Å². The van der Waals surface area contributed by atoms with Gasteiger partial charge in [0, 0.05) is 6.07 Å². The van der Waals surface area contributed by atoms with Crippen LogP contribution in [0, 0.1) is 5.82 Å². The number of nitrogens with two attached hydrogens (primary N) is 1. The SMILES string of the molecule is Nc1cc(Br)c(F)cc1OC1CCC1. The maximum atomic E-state index is 13.1. The van der Waals surface area contributed by atoms with Crippen molar-refractivity contribution in [3.63, 3.8) is 0 Å². The first kappa shape index (κ1) is 9.77. The molecular formula is C10H11BrFNO. The van der Waals surface area contributed by atoms with Gasteiger partial charge in [-0.1, -0.05) is 0 Å². The van der Waals surface area contributed by atoms with Crippen LogP contribution in [0.25, 0.3) is 0 Å². The molecule has 14 heavy (non-hydrogen) atoms. The molecule has 0 atom stereocenters. The van der Waals surface area contributed by atoms with Crippen LogP contribution in [0.15, 0.2) is 16.6 Å². The van der Waals surface area contributed by atoms with Crippen molar-refractivity contribution in [1.29, 1.82) is 0 Å². The molecule has 1 aromatic carbocycles. The Hall–Kier alpha value is -0.770. The number of hydrogen-bond acceptors (Lipinski definition) is 2. The Bertz CT molecular complexity index is 352. The molecule has 0 unspecified atom stereocenters. The summed E-state index contributed by atoms with van der Waals surface area (Å²) in [6.45, 7) is 0. The van der Waals surface area contributed by atoms with Crippen molar-refractivity contribution in [3.05, 3.63) is 22.4 Å². The molecule has 2 N–H and O–H groups in total. The quantitative estimate of drug-likeness (QED) is 0.829. The van der Waals surface area contributed by atoms with Gasteiger partial charge in [0.1, 0.15) is 11.6 Å². The van der Waals surface area contributed by atoms with Gasteiger partial charge in [0.25, 0.3) is 0 Å². The predicted octanol–water partition coefficient (Wildman–Crippen LogP) is 3.10. The highest BCUT2D eigenvalue weighted by Crippen LogP contribution is 2.32. The van der Waals surface area contributed by atoms with Crippen LogP contribution in [0.3, 0.4) is 0 Å². The minimum Gasteiger partial charge on any atom is -0.488 e. The van der Waals surface area contributed by atoms with E-state index >= 15 is 0 Å². The van der Waals surface area contributed by atoms with Crippen molar-refractivity contribution in [1.82, 2.24) is 0 Å². The van der Waals surface area contributed by atoms with Crippen LogP contribution in [-0.2, 0) is 0 Å². The van der Waals surface area contributed by atoms with Gasteiger partial charge in [0.15, 0.2) is 0 Å². The van der Waals surface area contributed by atoms with Gasteiger partial charge in [-0.05, 0) is 41.3 Å². The van der Waals surface area contributed by atoms with Crippen LogP contribution in [0.5, 0.6) is 5.75 Å². The highest BCUT2D eigenvalue weighted by Gasteiger charge is 2.20. The molecule has 0 aromatic heterocycles. The van der Waals surface area contributed by atoms with E-state index in [9.17, 15) is 4.39 Å². The van der Waals surface area contributed by atoms with Gasteiger partial charge in [-0.15, -0.1) is 0 Å². The van der Waals surface area contributed by atoms with E-state index in [0.29, 0.717) is 15.9 Å². The number of rotatable bonds is 2. The number of benzene rings is 1. The first-order valence-corrected chi connectivity index (χ1v) is 5.37. The molecule has 0 spiro atoms. The zero-order chi connectivity index (χ0) is 10.1. The van der Waals surface area contributed by atoms with Gasteiger partial charge in [0.05, 0.1) is 16.3 Å². The smallest absolute Gasteiger partial charge is 0.145 e. The third kappa shape index (κ3) is 1.85. The first-order chi connectivity index (χ1) is 6.66. The molecule has 0 aliphatic heterocycles. The number of ether oxygens (including phenoxy) is 1. The highest BCUT2D eigenvalue weighted by atomic mass is 79.9. The molecule has 0 bridgehead atoms. The summed E-state index contributed by atoms with van der Waals surface area (Å²) in [6.07, 6.45) is 3.48. The molecule has 1 aliphatic carbocycles.